The molecule has 172 valence electrons. The molecule has 5 rings (SSSR count). The predicted molar refractivity (Wildman–Crippen MR) is 118 cm³/mol. The smallest absolute Gasteiger partial charge is 0.325 e. The number of aliphatic imine (C=N–C) groups is 1. The van der Waals surface area contributed by atoms with Crippen molar-refractivity contribution in [2.45, 2.75) is 44.8 Å². The monoisotopic (exact) mass is 476 g/mol. The van der Waals surface area contributed by atoms with Gasteiger partial charge in [0.25, 0.3) is 0 Å². The molecule has 0 amide bonds. The van der Waals surface area contributed by atoms with E-state index in [1.54, 1.807) is 28.6 Å². The van der Waals surface area contributed by atoms with Gasteiger partial charge in [-0.05, 0) is 33.3 Å². The molecule has 1 saturated carbocycles. The Labute approximate surface area is 192 Å². The predicted octanol–water partition coefficient (Wildman–Crippen LogP) is 4.30. The van der Waals surface area contributed by atoms with Gasteiger partial charge in [-0.2, -0.15) is 23.4 Å². The lowest BCUT2D eigenvalue weighted by Crippen LogP contribution is -2.26. The van der Waals surface area contributed by atoms with Gasteiger partial charge in [0.05, 0.1) is 33.6 Å². The highest BCUT2D eigenvalue weighted by Gasteiger charge is 2.59. The van der Waals surface area contributed by atoms with Gasteiger partial charge in [-0.15, -0.1) is 0 Å². The van der Waals surface area contributed by atoms with Crippen LogP contribution in [-0.4, -0.2) is 47.5 Å². The first-order chi connectivity index (χ1) is 15.5. The quantitative estimate of drug-likeness (QED) is 0.606. The van der Waals surface area contributed by atoms with E-state index < -0.39 is 23.3 Å². The number of halogens is 4. The molecule has 0 spiro atoms. The standard InChI is InChI=1S/C21H20ClF3N8/c1-10-18(20-6-5-13(21(23,24)25)28-14(20)8-20)31-32(4)19(10)29-15-7-16(27-9-26-15)33-12(3)17(22)11(2)30-33/h5-7,9,14H,8H2,1-4H3,(H,26,27,29). The first-order valence-corrected chi connectivity index (χ1v) is 10.6. The number of anilines is 2. The minimum absolute atomic E-state index is 0.456. The third-order valence-electron chi connectivity index (χ3n) is 6.13. The maximum Gasteiger partial charge on any atom is 0.432 e. The summed E-state index contributed by atoms with van der Waals surface area (Å²) in [4.78, 5) is 12.5. The molecule has 4 heterocycles. The van der Waals surface area contributed by atoms with Crippen LogP contribution in [0.4, 0.5) is 24.8 Å². The zero-order valence-corrected chi connectivity index (χ0v) is 19.0. The molecule has 1 N–H and O–H groups in total. The molecule has 3 aromatic rings. The minimum atomic E-state index is -4.45. The number of fused-ring (bicyclic) bond motifs is 1. The number of nitrogens with zero attached hydrogens (tertiary/aromatic N) is 7. The normalized spacial score (nSPS) is 21.7. The molecule has 8 nitrogen and oxygen atoms in total. The van der Waals surface area contributed by atoms with Crippen LogP contribution >= 0.6 is 11.6 Å². The van der Waals surface area contributed by atoms with E-state index in [9.17, 15) is 13.2 Å². The summed E-state index contributed by atoms with van der Waals surface area (Å²) in [6.45, 7) is 5.55. The number of allylic oxidation sites excluding steroid dienone is 1. The molecule has 12 heteroatoms. The average molecular weight is 477 g/mol. The van der Waals surface area contributed by atoms with E-state index in [-0.39, 0.29) is 0 Å². The topological polar surface area (TPSA) is 85.8 Å². The third kappa shape index (κ3) is 3.41. The second kappa shape index (κ2) is 7.14. The highest BCUT2D eigenvalue weighted by atomic mass is 35.5. The number of rotatable bonds is 4. The van der Waals surface area contributed by atoms with Crippen molar-refractivity contribution in [2.75, 3.05) is 5.32 Å². The molecule has 0 aromatic carbocycles. The van der Waals surface area contributed by atoms with Crippen LogP contribution in [0.1, 0.15) is 29.1 Å². The van der Waals surface area contributed by atoms with Crippen LogP contribution in [0.2, 0.25) is 5.02 Å². The Hall–Kier alpha value is -3.21. The molecule has 2 atom stereocenters. The molecular formula is C21H20ClF3N8. The van der Waals surface area contributed by atoms with Crippen LogP contribution in [0, 0.1) is 20.8 Å². The Morgan fingerprint density at radius 1 is 1.18 bits per heavy atom. The molecule has 3 aromatic heterocycles. The number of alkyl halides is 3. The van der Waals surface area contributed by atoms with Gasteiger partial charge >= 0.3 is 6.18 Å². The van der Waals surface area contributed by atoms with Crippen molar-refractivity contribution in [3.05, 3.63) is 52.2 Å². The van der Waals surface area contributed by atoms with Crippen LogP contribution in [0.25, 0.3) is 5.82 Å². The van der Waals surface area contributed by atoms with Crippen LogP contribution in [0.3, 0.4) is 0 Å². The zero-order chi connectivity index (χ0) is 23.7. The van der Waals surface area contributed by atoms with Gasteiger partial charge in [-0.3, -0.25) is 9.67 Å². The maximum absolute atomic E-state index is 13.0. The lowest BCUT2D eigenvalue weighted by Gasteiger charge is -2.16. The molecule has 1 fully saturated rings. The molecule has 1 aliphatic carbocycles. The molecule has 2 aliphatic rings. The van der Waals surface area contributed by atoms with Crippen molar-refractivity contribution < 1.29 is 13.2 Å². The fourth-order valence-electron chi connectivity index (χ4n) is 4.29. The van der Waals surface area contributed by atoms with Crippen molar-refractivity contribution in [1.29, 1.82) is 0 Å². The summed E-state index contributed by atoms with van der Waals surface area (Å²) in [5, 5.41) is 12.9. The maximum atomic E-state index is 13.0. The highest BCUT2D eigenvalue weighted by molar-refractivity contribution is 6.31. The van der Waals surface area contributed by atoms with E-state index in [1.807, 2.05) is 20.8 Å². The summed E-state index contributed by atoms with van der Waals surface area (Å²) in [6, 6.07) is 1.28. The Bertz CT molecular complexity index is 1340. The van der Waals surface area contributed by atoms with Crippen molar-refractivity contribution in [1.82, 2.24) is 29.5 Å². The van der Waals surface area contributed by atoms with Crippen molar-refractivity contribution in [2.24, 2.45) is 12.0 Å². The van der Waals surface area contributed by atoms with Crippen LogP contribution in [0.5, 0.6) is 0 Å². The average Bonchev–Trinajstić information content (AvgIpc) is 3.37. The van der Waals surface area contributed by atoms with Crippen molar-refractivity contribution in [3.8, 4) is 5.82 Å². The number of nitrogens with one attached hydrogen (secondary N) is 1. The summed E-state index contributed by atoms with van der Waals surface area (Å²) in [5.74, 6) is 1.74. The molecular weight excluding hydrogens is 457 g/mol. The Kier molecular flexibility index (Phi) is 4.68. The highest BCUT2D eigenvalue weighted by Crippen LogP contribution is 2.55. The summed E-state index contributed by atoms with van der Waals surface area (Å²) >= 11 is 6.26. The van der Waals surface area contributed by atoms with Crippen LogP contribution in [-0.2, 0) is 12.5 Å². The molecule has 2 unspecified atom stereocenters. The molecule has 0 radical (unpaired) electrons. The minimum Gasteiger partial charge on any atom is -0.325 e. The largest absolute Gasteiger partial charge is 0.432 e. The summed E-state index contributed by atoms with van der Waals surface area (Å²) in [5.41, 5.74) is 1.55. The van der Waals surface area contributed by atoms with Crippen LogP contribution < -0.4 is 5.32 Å². The number of aromatic nitrogens is 6. The van der Waals surface area contributed by atoms with Crippen molar-refractivity contribution in [3.63, 3.8) is 0 Å². The fraction of sp³-hybridized carbons (Fsp3) is 0.381. The lowest BCUT2D eigenvalue weighted by molar-refractivity contribution is -0.0580. The third-order valence-corrected chi connectivity index (χ3v) is 6.68. The first-order valence-electron chi connectivity index (χ1n) is 10.2. The van der Waals surface area contributed by atoms with E-state index in [1.165, 1.54) is 6.33 Å². The van der Waals surface area contributed by atoms with Gasteiger partial charge in [0.15, 0.2) is 5.82 Å². The SMILES string of the molecule is Cc1nn(-c2cc(Nc3c(C)c(C45C=CC(C(F)(F)F)=NC4C5)nn3C)ncn2)c(C)c1Cl. The molecule has 0 bridgehead atoms. The van der Waals surface area contributed by atoms with E-state index in [0.29, 0.717) is 40.3 Å². The number of aryl methyl sites for hydroxylation is 2. The van der Waals surface area contributed by atoms with Gasteiger partial charge in [0.1, 0.15) is 23.7 Å². The Morgan fingerprint density at radius 3 is 2.58 bits per heavy atom. The number of hydrogen-bond donors (Lipinski definition) is 1. The Morgan fingerprint density at radius 2 is 1.94 bits per heavy atom. The summed E-state index contributed by atoms with van der Waals surface area (Å²) < 4.78 is 42.4. The Balaban J connectivity index is 1.44. The van der Waals surface area contributed by atoms with E-state index in [2.05, 4.69) is 30.5 Å². The van der Waals surface area contributed by atoms with E-state index in [4.69, 9.17) is 11.6 Å². The van der Waals surface area contributed by atoms with Gasteiger partial charge in [0.2, 0.25) is 0 Å². The van der Waals surface area contributed by atoms with E-state index in [0.717, 1.165) is 17.3 Å². The molecule has 0 saturated heterocycles. The summed E-state index contributed by atoms with van der Waals surface area (Å²) in [6.07, 6.45) is 0.110. The lowest BCUT2D eigenvalue weighted by atomic mass is 9.95. The fourth-order valence-corrected chi connectivity index (χ4v) is 4.40. The van der Waals surface area contributed by atoms with E-state index >= 15 is 0 Å². The van der Waals surface area contributed by atoms with Crippen LogP contribution in [0.15, 0.2) is 29.5 Å². The molecule has 33 heavy (non-hydrogen) atoms. The number of hydrogen-bond acceptors (Lipinski definition) is 6. The van der Waals surface area contributed by atoms with Gasteiger partial charge < -0.3 is 5.32 Å². The van der Waals surface area contributed by atoms with Gasteiger partial charge in [-0.1, -0.05) is 17.7 Å². The van der Waals surface area contributed by atoms with Gasteiger partial charge in [-0.25, -0.2) is 14.6 Å². The first kappa shape index (κ1) is 21.6. The molecule has 1 aliphatic heterocycles. The second-order valence-electron chi connectivity index (χ2n) is 8.33. The summed E-state index contributed by atoms with van der Waals surface area (Å²) in [7, 11) is 1.77. The van der Waals surface area contributed by atoms with Gasteiger partial charge in [0, 0.05) is 18.7 Å². The zero-order valence-electron chi connectivity index (χ0n) is 18.2. The number of dihydropyridines is 1. The second-order valence-corrected chi connectivity index (χ2v) is 8.71. The van der Waals surface area contributed by atoms with Crippen molar-refractivity contribution >= 4 is 28.9 Å².